The van der Waals surface area contributed by atoms with Crippen LogP contribution < -0.4 is 9.47 Å². The van der Waals surface area contributed by atoms with E-state index in [4.69, 9.17) is 9.47 Å². The Hall–Kier alpha value is -2.99. The molecule has 2 heterocycles. The van der Waals surface area contributed by atoms with E-state index >= 15 is 0 Å². The standard InChI is InChI=1S/C20H17N2O5P/c1-26-19-9-7-16-18(10-11-21-20(16)22-19)27-17-8-6-13(12-28(23,24)25)14-4-2-3-5-15(14)17/h2-11H,12H2,1H3,(H2,23,24,25). The topological polar surface area (TPSA) is 102 Å². The highest BCUT2D eigenvalue weighted by atomic mass is 31.2. The van der Waals surface area contributed by atoms with Crippen molar-refractivity contribution in [2.75, 3.05) is 7.11 Å². The normalized spacial score (nSPS) is 11.7. The van der Waals surface area contributed by atoms with Crippen molar-refractivity contribution in [3.8, 4) is 17.4 Å². The first-order chi connectivity index (χ1) is 13.4. The molecule has 0 atom stereocenters. The Kier molecular flexibility index (Phi) is 4.73. The average Bonchev–Trinajstić information content (AvgIpc) is 2.68. The van der Waals surface area contributed by atoms with E-state index in [1.807, 2.05) is 30.3 Å². The summed E-state index contributed by atoms with van der Waals surface area (Å²) in [6.45, 7) is 0. The molecule has 0 bridgehead atoms. The maximum Gasteiger partial charge on any atom is 0.329 e. The molecule has 0 aliphatic heterocycles. The van der Waals surface area contributed by atoms with Crippen molar-refractivity contribution in [2.24, 2.45) is 0 Å². The first-order valence-electron chi connectivity index (χ1n) is 8.47. The van der Waals surface area contributed by atoms with Crippen LogP contribution in [-0.2, 0) is 10.7 Å². The number of hydrogen-bond acceptors (Lipinski definition) is 5. The van der Waals surface area contributed by atoms with Crippen LogP contribution in [-0.4, -0.2) is 26.9 Å². The molecular formula is C20H17N2O5P. The van der Waals surface area contributed by atoms with Gasteiger partial charge < -0.3 is 19.3 Å². The van der Waals surface area contributed by atoms with Crippen LogP contribution in [0.2, 0.25) is 0 Å². The van der Waals surface area contributed by atoms with Crippen molar-refractivity contribution in [3.05, 3.63) is 66.4 Å². The van der Waals surface area contributed by atoms with Gasteiger partial charge in [-0.2, -0.15) is 4.98 Å². The molecule has 8 heteroatoms. The minimum atomic E-state index is -4.18. The summed E-state index contributed by atoms with van der Waals surface area (Å²) in [5, 5.41) is 2.23. The molecule has 28 heavy (non-hydrogen) atoms. The van der Waals surface area contributed by atoms with Crippen LogP contribution in [0.3, 0.4) is 0 Å². The van der Waals surface area contributed by atoms with Gasteiger partial charge in [0.05, 0.1) is 18.7 Å². The summed E-state index contributed by atoms with van der Waals surface area (Å²) in [7, 11) is -2.64. The second-order valence-corrected chi connectivity index (χ2v) is 7.87. The lowest BCUT2D eigenvalue weighted by atomic mass is 10.0. The van der Waals surface area contributed by atoms with E-state index in [9.17, 15) is 14.4 Å². The van der Waals surface area contributed by atoms with Gasteiger partial charge in [-0.1, -0.05) is 30.3 Å². The quantitative estimate of drug-likeness (QED) is 0.486. The second kappa shape index (κ2) is 7.20. The fraction of sp³-hybridized carbons (Fsp3) is 0.100. The molecule has 0 unspecified atom stereocenters. The Bertz CT molecular complexity index is 1220. The molecule has 0 fully saturated rings. The molecule has 2 aromatic heterocycles. The minimum Gasteiger partial charge on any atom is -0.481 e. The third-order valence-corrected chi connectivity index (χ3v) is 5.07. The van der Waals surface area contributed by atoms with E-state index in [1.54, 1.807) is 37.6 Å². The zero-order chi connectivity index (χ0) is 19.7. The van der Waals surface area contributed by atoms with Crippen LogP contribution in [0.1, 0.15) is 5.56 Å². The molecule has 0 radical (unpaired) electrons. The van der Waals surface area contributed by atoms with Crippen LogP contribution in [0.25, 0.3) is 21.8 Å². The Morgan fingerprint density at radius 1 is 0.929 bits per heavy atom. The van der Waals surface area contributed by atoms with Gasteiger partial charge in [0, 0.05) is 17.6 Å². The van der Waals surface area contributed by atoms with Gasteiger partial charge in [0.25, 0.3) is 0 Å². The van der Waals surface area contributed by atoms with Crippen LogP contribution in [0.15, 0.2) is 60.8 Å². The van der Waals surface area contributed by atoms with Crippen LogP contribution in [0, 0.1) is 0 Å². The molecule has 0 saturated heterocycles. The number of nitrogens with zero attached hydrogens (tertiary/aromatic N) is 2. The summed E-state index contributed by atoms with van der Waals surface area (Å²) in [5.74, 6) is 1.62. The lowest BCUT2D eigenvalue weighted by Gasteiger charge is -2.14. The molecular weight excluding hydrogens is 379 g/mol. The van der Waals surface area contributed by atoms with Crippen molar-refractivity contribution >= 4 is 29.4 Å². The number of hydrogen-bond donors (Lipinski definition) is 2. The fourth-order valence-corrected chi connectivity index (χ4v) is 3.81. The number of benzene rings is 2. The highest BCUT2D eigenvalue weighted by Gasteiger charge is 2.18. The van der Waals surface area contributed by atoms with E-state index in [2.05, 4.69) is 9.97 Å². The van der Waals surface area contributed by atoms with Gasteiger partial charge >= 0.3 is 7.60 Å². The first kappa shape index (κ1) is 18.4. The summed E-state index contributed by atoms with van der Waals surface area (Å²) in [5.41, 5.74) is 1.07. The van der Waals surface area contributed by atoms with Gasteiger partial charge in [-0.25, -0.2) is 4.98 Å². The lowest BCUT2D eigenvalue weighted by Crippen LogP contribution is -1.94. The monoisotopic (exact) mass is 396 g/mol. The van der Waals surface area contributed by atoms with Crippen molar-refractivity contribution in [2.45, 2.75) is 6.16 Å². The Morgan fingerprint density at radius 2 is 1.68 bits per heavy atom. The summed E-state index contributed by atoms with van der Waals surface area (Å²) >= 11 is 0. The zero-order valence-corrected chi connectivity index (χ0v) is 15.8. The SMILES string of the molecule is COc1ccc2c(Oc3ccc(CP(=O)(O)O)c4ccccc34)ccnc2n1. The molecule has 4 aromatic rings. The molecule has 0 spiro atoms. The van der Waals surface area contributed by atoms with Gasteiger partial charge in [-0.3, -0.25) is 4.57 Å². The van der Waals surface area contributed by atoms with Gasteiger partial charge in [0.15, 0.2) is 5.65 Å². The first-order valence-corrected chi connectivity index (χ1v) is 10.3. The summed E-state index contributed by atoms with van der Waals surface area (Å²) in [6, 6.07) is 16.1. The molecule has 0 aliphatic rings. The molecule has 2 aromatic carbocycles. The smallest absolute Gasteiger partial charge is 0.329 e. The van der Waals surface area contributed by atoms with Crippen molar-refractivity contribution in [1.29, 1.82) is 0 Å². The number of pyridine rings is 2. The number of rotatable bonds is 5. The highest BCUT2D eigenvalue weighted by molar-refractivity contribution is 7.50. The van der Waals surface area contributed by atoms with Crippen LogP contribution >= 0.6 is 7.60 Å². The van der Waals surface area contributed by atoms with Crippen molar-refractivity contribution in [1.82, 2.24) is 9.97 Å². The van der Waals surface area contributed by atoms with Gasteiger partial charge in [-0.05, 0) is 29.1 Å². The van der Waals surface area contributed by atoms with Crippen LogP contribution in [0.4, 0.5) is 0 Å². The van der Waals surface area contributed by atoms with E-state index in [0.29, 0.717) is 28.6 Å². The molecule has 7 nitrogen and oxygen atoms in total. The number of fused-ring (bicyclic) bond motifs is 2. The third-order valence-electron chi connectivity index (χ3n) is 4.32. The maximum absolute atomic E-state index is 11.5. The van der Waals surface area contributed by atoms with E-state index in [-0.39, 0.29) is 6.16 Å². The predicted octanol–water partition coefficient (Wildman–Crippen LogP) is 4.26. The summed E-state index contributed by atoms with van der Waals surface area (Å²) in [6.07, 6.45) is 1.28. The lowest BCUT2D eigenvalue weighted by molar-refractivity contribution is 0.372. The van der Waals surface area contributed by atoms with Crippen molar-refractivity contribution in [3.63, 3.8) is 0 Å². The molecule has 0 saturated carbocycles. The Labute approximate surface area is 160 Å². The summed E-state index contributed by atoms with van der Waals surface area (Å²) < 4.78 is 22.7. The van der Waals surface area contributed by atoms with E-state index in [0.717, 1.165) is 16.2 Å². The second-order valence-electron chi connectivity index (χ2n) is 6.23. The zero-order valence-electron chi connectivity index (χ0n) is 14.9. The van der Waals surface area contributed by atoms with Gasteiger partial charge in [0.2, 0.25) is 5.88 Å². The molecule has 0 amide bonds. The minimum absolute atomic E-state index is 0.324. The van der Waals surface area contributed by atoms with E-state index in [1.165, 1.54) is 0 Å². The molecule has 0 aliphatic carbocycles. The average molecular weight is 396 g/mol. The van der Waals surface area contributed by atoms with E-state index < -0.39 is 7.60 Å². The number of methoxy groups -OCH3 is 1. The van der Waals surface area contributed by atoms with Crippen molar-refractivity contribution < 1.29 is 23.8 Å². The molecule has 4 rings (SSSR count). The van der Waals surface area contributed by atoms with Gasteiger partial charge in [-0.15, -0.1) is 0 Å². The third kappa shape index (κ3) is 3.68. The largest absolute Gasteiger partial charge is 0.481 e. The number of ether oxygens (including phenoxy) is 2. The Balaban J connectivity index is 1.80. The fourth-order valence-electron chi connectivity index (χ4n) is 3.09. The molecule has 2 N–H and O–H groups in total. The maximum atomic E-state index is 11.5. The molecule has 142 valence electrons. The summed E-state index contributed by atoms with van der Waals surface area (Å²) in [4.78, 5) is 27.3. The van der Waals surface area contributed by atoms with Crippen LogP contribution in [0.5, 0.6) is 17.4 Å². The highest BCUT2D eigenvalue weighted by Crippen LogP contribution is 2.43. The van der Waals surface area contributed by atoms with Gasteiger partial charge in [0.1, 0.15) is 11.5 Å². The predicted molar refractivity (Wildman–Crippen MR) is 106 cm³/mol. The number of aromatic nitrogens is 2. The Morgan fingerprint density at radius 3 is 2.43 bits per heavy atom.